The number of ether oxygens (including phenoxy) is 1. The van der Waals surface area contributed by atoms with E-state index in [1.807, 2.05) is 41.3 Å². The highest BCUT2D eigenvalue weighted by Crippen LogP contribution is 2.31. The molecule has 1 aromatic carbocycles. The number of hydrogen-bond donors (Lipinski definition) is 0. The Morgan fingerprint density at radius 2 is 2.08 bits per heavy atom. The average molecular weight is 342 g/mol. The molecule has 2 heterocycles. The van der Waals surface area contributed by atoms with Crippen molar-refractivity contribution in [3.63, 3.8) is 0 Å². The number of piperazine rings is 1. The van der Waals surface area contributed by atoms with Crippen molar-refractivity contribution in [3.8, 4) is 0 Å². The lowest BCUT2D eigenvalue weighted by atomic mass is 9.90. The maximum atomic E-state index is 12.9. The Morgan fingerprint density at radius 1 is 1.32 bits per heavy atom. The molecule has 3 rings (SSSR count). The van der Waals surface area contributed by atoms with E-state index in [0.717, 1.165) is 31.2 Å². The van der Waals surface area contributed by atoms with Gasteiger partial charge in [-0.05, 0) is 38.2 Å². The van der Waals surface area contributed by atoms with Crippen LogP contribution in [0.4, 0.5) is 4.79 Å². The minimum atomic E-state index is -0.482. The van der Waals surface area contributed by atoms with Gasteiger partial charge in [0.1, 0.15) is 12.6 Å². The van der Waals surface area contributed by atoms with Gasteiger partial charge in [-0.2, -0.15) is 0 Å². The van der Waals surface area contributed by atoms with Crippen LogP contribution in [0.1, 0.15) is 38.2 Å². The van der Waals surface area contributed by atoms with Gasteiger partial charge in [-0.25, -0.2) is 4.79 Å². The zero-order valence-corrected chi connectivity index (χ0v) is 14.8. The van der Waals surface area contributed by atoms with E-state index in [9.17, 15) is 9.59 Å². The van der Waals surface area contributed by atoms with E-state index in [4.69, 9.17) is 4.74 Å². The second kappa shape index (κ2) is 7.72. The second-order valence-corrected chi connectivity index (χ2v) is 6.88. The van der Waals surface area contributed by atoms with Crippen molar-refractivity contribution in [2.24, 2.45) is 0 Å². The SMILES string of the molecule is C=CCC1CCCC2CN(C(=O)OCc3ccccc3)C(C)C(=O)N12. The van der Waals surface area contributed by atoms with Gasteiger partial charge in [-0.1, -0.05) is 36.4 Å². The molecule has 3 atom stereocenters. The van der Waals surface area contributed by atoms with Crippen molar-refractivity contribution in [1.82, 2.24) is 9.80 Å². The van der Waals surface area contributed by atoms with Crippen molar-refractivity contribution in [1.29, 1.82) is 0 Å². The fourth-order valence-electron chi connectivity index (χ4n) is 3.90. The van der Waals surface area contributed by atoms with Gasteiger partial charge in [0, 0.05) is 18.6 Å². The molecule has 0 bridgehead atoms. The van der Waals surface area contributed by atoms with E-state index in [2.05, 4.69) is 6.58 Å². The Hall–Kier alpha value is -2.30. The molecule has 2 aliphatic rings. The molecule has 2 saturated heterocycles. The quantitative estimate of drug-likeness (QED) is 0.789. The fraction of sp³-hybridized carbons (Fsp3) is 0.500. The predicted octanol–water partition coefficient (Wildman–Crippen LogP) is 3.35. The number of benzene rings is 1. The monoisotopic (exact) mass is 342 g/mol. The first-order valence-corrected chi connectivity index (χ1v) is 9.02. The topological polar surface area (TPSA) is 49.9 Å². The third-order valence-corrected chi connectivity index (χ3v) is 5.23. The molecule has 134 valence electrons. The highest BCUT2D eigenvalue weighted by Gasteiger charge is 2.44. The van der Waals surface area contributed by atoms with Crippen LogP contribution >= 0.6 is 0 Å². The van der Waals surface area contributed by atoms with Gasteiger partial charge < -0.3 is 9.64 Å². The highest BCUT2D eigenvalue weighted by molar-refractivity contribution is 5.87. The fourth-order valence-corrected chi connectivity index (χ4v) is 3.90. The molecule has 0 spiro atoms. The van der Waals surface area contributed by atoms with Crippen LogP contribution in [0.15, 0.2) is 43.0 Å². The molecule has 0 saturated carbocycles. The number of piperidine rings is 1. The maximum Gasteiger partial charge on any atom is 0.410 e. The number of nitrogens with zero attached hydrogens (tertiary/aromatic N) is 2. The number of carbonyl (C=O) groups excluding carboxylic acids is 2. The first-order valence-electron chi connectivity index (χ1n) is 9.02. The molecule has 2 amide bonds. The Kier molecular flexibility index (Phi) is 5.41. The summed E-state index contributed by atoms with van der Waals surface area (Å²) in [5.41, 5.74) is 0.942. The van der Waals surface area contributed by atoms with Crippen LogP contribution in [0.25, 0.3) is 0 Å². The summed E-state index contributed by atoms with van der Waals surface area (Å²) in [6, 6.07) is 9.41. The molecular weight excluding hydrogens is 316 g/mol. The standard InChI is InChI=1S/C20H26N2O3/c1-3-8-17-11-7-12-18-13-21(15(2)19(23)22(17)18)20(24)25-14-16-9-5-4-6-10-16/h3-6,9-10,15,17-18H,1,7-8,11-14H2,2H3. The van der Waals surface area contributed by atoms with Crippen LogP contribution < -0.4 is 0 Å². The van der Waals surface area contributed by atoms with Gasteiger partial charge in [-0.15, -0.1) is 6.58 Å². The first-order chi connectivity index (χ1) is 12.1. The van der Waals surface area contributed by atoms with E-state index in [0.29, 0.717) is 6.54 Å². The van der Waals surface area contributed by atoms with Crippen molar-refractivity contribution < 1.29 is 14.3 Å². The van der Waals surface area contributed by atoms with Crippen molar-refractivity contribution in [2.75, 3.05) is 6.54 Å². The maximum absolute atomic E-state index is 12.9. The number of carbonyl (C=O) groups is 2. The highest BCUT2D eigenvalue weighted by atomic mass is 16.6. The van der Waals surface area contributed by atoms with Gasteiger partial charge in [0.25, 0.3) is 0 Å². The van der Waals surface area contributed by atoms with E-state index >= 15 is 0 Å². The molecule has 0 aromatic heterocycles. The average Bonchev–Trinajstić information content (AvgIpc) is 2.64. The molecule has 0 aliphatic carbocycles. The van der Waals surface area contributed by atoms with Crippen molar-refractivity contribution in [2.45, 2.75) is 57.3 Å². The number of rotatable bonds is 4. The summed E-state index contributed by atoms with van der Waals surface area (Å²) in [6.45, 7) is 6.38. The molecule has 0 N–H and O–H groups in total. The van der Waals surface area contributed by atoms with Crippen LogP contribution in [0.2, 0.25) is 0 Å². The zero-order valence-electron chi connectivity index (χ0n) is 14.8. The lowest BCUT2D eigenvalue weighted by molar-refractivity contribution is -0.150. The summed E-state index contributed by atoms with van der Waals surface area (Å²) in [7, 11) is 0. The molecule has 0 radical (unpaired) electrons. The normalized spacial score (nSPS) is 26.1. The van der Waals surface area contributed by atoms with Crippen LogP contribution in [0.5, 0.6) is 0 Å². The van der Waals surface area contributed by atoms with Crippen LogP contribution in [-0.2, 0) is 16.1 Å². The Balaban J connectivity index is 1.66. The lowest BCUT2D eigenvalue weighted by Crippen LogP contribution is -2.65. The molecule has 1 aromatic rings. The number of hydrogen-bond acceptors (Lipinski definition) is 3. The van der Waals surface area contributed by atoms with E-state index in [-0.39, 0.29) is 24.6 Å². The predicted molar refractivity (Wildman–Crippen MR) is 95.9 cm³/mol. The van der Waals surface area contributed by atoms with Gasteiger partial charge in [-0.3, -0.25) is 9.69 Å². The molecule has 2 aliphatic heterocycles. The van der Waals surface area contributed by atoms with Gasteiger partial charge in [0.15, 0.2) is 0 Å². The third kappa shape index (κ3) is 3.70. The summed E-state index contributed by atoms with van der Waals surface area (Å²) in [5, 5.41) is 0. The molecule has 2 fully saturated rings. The molecular formula is C20H26N2O3. The summed E-state index contributed by atoms with van der Waals surface area (Å²) < 4.78 is 5.44. The number of fused-ring (bicyclic) bond motifs is 1. The number of amides is 2. The van der Waals surface area contributed by atoms with E-state index < -0.39 is 12.1 Å². The van der Waals surface area contributed by atoms with Gasteiger partial charge >= 0.3 is 6.09 Å². The van der Waals surface area contributed by atoms with Gasteiger partial charge in [0.2, 0.25) is 5.91 Å². The Morgan fingerprint density at radius 3 is 2.80 bits per heavy atom. The van der Waals surface area contributed by atoms with Crippen LogP contribution in [0, 0.1) is 0 Å². The van der Waals surface area contributed by atoms with Crippen molar-refractivity contribution in [3.05, 3.63) is 48.6 Å². The zero-order chi connectivity index (χ0) is 17.8. The molecule has 5 nitrogen and oxygen atoms in total. The molecule has 5 heteroatoms. The van der Waals surface area contributed by atoms with Crippen molar-refractivity contribution >= 4 is 12.0 Å². The van der Waals surface area contributed by atoms with Gasteiger partial charge in [0.05, 0.1) is 0 Å². The lowest BCUT2D eigenvalue weighted by Gasteiger charge is -2.50. The molecule has 3 unspecified atom stereocenters. The largest absolute Gasteiger partial charge is 0.445 e. The summed E-state index contributed by atoms with van der Waals surface area (Å²) in [4.78, 5) is 29.0. The minimum absolute atomic E-state index is 0.0273. The van der Waals surface area contributed by atoms with E-state index in [1.54, 1.807) is 11.8 Å². The second-order valence-electron chi connectivity index (χ2n) is 6.88. The summed E-state index contributed by atoms with van der Waals surface area (Å²) >= 11 is 0. The van der Waals surface area contributed by atoms with Crippen LogP contribution in [0.3, 0.4) is 0 Å². The van der Waals surface area contributed by atoms with E-state index in [1.165, 1.54) is 0 Å². The first kappa shape index (κ1) is 17.5. The Labute approximate surface area is 149 Å². The summed E-state index contributed by atoms with van der Waals surface area (Å²) in [6.07, 6.45) is 5.32. The Bertz CT molecular complexity index is 631. The smallest absolute Gasteiger partial charge is 0.410 e. The summed E-state index contributed by atoms with van der Waals surface area (Å²) in [5.74, 6) is 0.0273. The van der Waals surface area contributed by atoms with Crippen LogP contribution in [-0.4, -0.2) is 46.5 Å². The molecule has 25 heavy (non-hydrogen) atoms. The minimum Gasteiger partial charge on any atom is -0.445 e. The third-order valence-electron chi connectivity index (χ3n) is 5.23.